The fraction of sp³-hybridized carbons (Fsp3) is 0.250. The zero-order valence-corrected chi connectivity index (χ0v) is 6.70. The molecule has 0 aliphatic rings. The van der Waals surface area contributed by atoms with Gasteiger partial charge in [0.1, 0.15) is 0 Å². The van der Waals surface area contributed by atoms with Crippen molar-refractivity contribution in [1.29, 1.82) is 0 Å². The smallest absolute Gasteiger partial charge is 0.0463 e. The van der Waals surface area contributed by atoms with Crippen molar-refractivity contribution in [2.75, 3.05) is 0 Å². The Labute approximate surface area is 65.3 Å². The van der Waals surface area contributed by atoms with Crippen LogP contribution in [0.25, 0.3) is 0 Å². The summed E-state index contributed by atoms with van der Waals surface area (Å²) in [4.78, 5) is 0. The SMILES string of the molecule is Cc1cc([O-])cc(C)c1Cl. The van der Waals surface area contributed by atoms with Crippen LogP contribution in [0.3, 0.4) is 0 Å². The van der Waals surface area contributed by atoms with Crippen molar-refractivity contribution in [3.8, 4) is 5.75 Å². The van der Waals surface area contributed by atoms with Crippen LogP contribution >= 0.6 is 11.6 Å². The Kier molecular flexibility index (Phi) is 1.86. The van der Waals surface area contributed by atoms with Gasteiger partial charge in [-0.15, -0.1) is 5.75 Å². The highest BCUT2D eigenvalue weighted by atomic mass is 35.5. The molecule has 0 bridgehead atoms. The fourth-order valence-electron chi connectivity index (χ4n) is 0.906. The maximum Gasteiger partial charge on any atom is 0.0463 e. The first-order chi connectivity index (χ1) is 4.61. The minimum Gasteiger partial charge on any atom is -0.872 e. The first-order valence-corrected chi connectivity index (χ1v) is 3.43. The highest BCUT2D eigenvalue weighted by Crippen LogP contribution is 2.23. The molecule has 1 aromatic rings. The Hall–Kier alpha value is -0.690. The van der Waals surface area contributed by atoms with Crippen LogP contribution in [-0.4, -0.2) is 0 Å². The van der Waals surface area contributed by atoms with Crippen LogP contribution in [-0.2, 0) is 0 Å². The van der Waals surface area contributed by atoms with Gasteiger partial charge in [-0.25, -0.2) is 0 Å². The van der Waals surface area contributed by atoms with Gasteiger partial charge in [0.05, 0.1) is 0 Å². The molecule has 0 saturated heterocycles. The molecular weight excluding hydrogens is 148 g/mol. The summed E-state index contributed by atoms with van der Waals surface area (Å²) >= 11 is 5.81. The van der Waals surface area contributed by atoms with Gasteiger partial charge in [0.15, 0.2) is 0 Å². The van der Waals surface area contributed by atoms with Crippen LogP contribution < -0.4 is 5.11 Å². The Morgan fingerprint density at radius 1 is 1.20 bits per heavy atom. The molecule has 54 valence electrons. The number of aryl methyl sites for hydroxylation is 2. The number of benzene rings is 1. The van der Waals surface area contributed by atoms with Crippen molar-refractivity contribution in [2.24, 2.45) is 0 Å². The first-order valence-electron chi connectivity index (χ1n) is 3.05. The van der Waals surface area contributed by atoms with E-state index in [1.807, 2.05) is 13.8 Å². The van der Waals surface area contributed by atoms with Gasteiger partial charge in [-0.05, 0) is 25.0 Å². The van der Waals surface area contributed by atoms with Crippen LogP contribution in [0.4, 0.5) is 0 Å². The van der Waals surface area contributed by atoms with Crippen LogP contribution in [0, 0.1) is 13.8 Å². The lowest BCUT2D eigenvalue weighted by Gasteiger charge is -2.09. The topological polar surface area (TPSA) is 23.1 Å². The van der Waals surface area contributed by atoms with Crippen molar-refractivity contribution >= 4 is 11.6 Å². The molecule has 0 N–H and O–H groups in total. The number of halogens is 1. The highest BCUT2D eigenvalue weighted by Gasteiger charge is 1.96. The lowest BCUT2D eigenvalue weighted by Crippen LogP contribution is -1.91. The Bertz CT molecular complexity index is 232. The summed E-state index contributed by atoms with van der Waals surface area (Å²) in [5, 5.41) is 11.5. The van der Waals surface area contributed by atoms with Gasteiger partial charge >= 0.3 is 0 Å². The van der Waals surface area contributed by atoms with E-state index < -0.39 is 0 Å². The normalized spacial score (nSPS) is 9.90. The monoisotopic (exact) mass is 155 g/mol. The predicted octanol–water partition coefficient (Wildman–Crippen LogP) is 2.03. The van der Waals surface area contributed by atoms with E-state index in [9.17, 15) is 5.11 Å². The number of hydrogen-bond acceptors (Lipinski definition) is 1. The summed E-state index contributed by atoms with van der Waals surface area (Å²) in [6, 6.07) is 3.07. The molecule has 0 aromatic heterocycles. The third-order valence-electron chi connectivity index (χ3n) is 1.41. The third-order valence-corrected chi connectivity index (χ3v) is 2.01. The molecule has 0 aliphatic carbocycles. The fourth-order valence-corrected chi connectivity index (χ4v) is 1.02. The quantitative estimate of drug-likeness (QED) is 0.562. The molecule has 0 amide bonds. The average molecular weight is 156 g/mol. The van der Waals surface area contributed by atoms with E-state index in [0.717, 1.165) is 11.1 Å². The predicted molar refractivity (Wildman–Crippen MR) is 40.4 cm³/mol. The maximum absolute atomic E-state index is 10.8. The second-order valence-electron chi connectivity index (χ2n) is 2.37. The van der Waals surface area contributed by atoms with Gasteiger partial charge in [-0.2, -0.15) is 0 Å². The summed E-state index contributed by atoms with van der Waals surface area (Å²) in [5.74, 6) is 0.0272. The van der Waals surface area contributed by atoms with Crippen molar-refractivity contribution in [3.63, 3.8) is 0 Å². The molecule has 0 heterocycles. The third kappa shape index (κ3) is 1.24. The van der Waals surface area contributed by atoms with Crippen molar-refractivity contribution in [3.05, 3.63) is 28.3 Å². The molecule has 1 aromatic carbocycles. The number of rotatable bonds is 0. The summed E-state index contributed by atoms with van der Waals surface area (Å²) in [6.07, 6.45) is 0. The van der Waals surface area contributed by atoms with E-state index in [-0.39, 0.29) is 5.75 Å². The van der Waals surface area contributed by atoms with Gasteiger partial charge in [0.2, 0.25) is 0 Å². The zero-order valence-electron chi connectivity index (χ0n) is 5.94. The van der Waals surface area contributed by atoms with Gasteiger partial charge in [-0.1, -0.05) is 23.7 Å². The largest absolute Gasteiger partial charge is 0.872 e. The van der Waals surface area contributed by atoms with E-state index in [0.29, 0.717) is 5.02 Å². The molecule has 0 unspecified atom stereocenters. The number of hydrogen-bond donors (Lipinski definition) is 0. The average Bonchev–Trinajstić information content (AvgIpc) is 1.82. The summed E-state index contributed by atoms with van der Waals surface area (Å²) in [5.41, 5.74) is 1.71. The molecule has 2 heteroatoms. The maximum atomic E-state index is 10.8. The second kappa shape index (κ2) is 2.51. The summed E-state index contributed by atoms with van der Waals surface area (Å²) < 4.78 is 0. The Morgan fingerprint density at radius 3 is 2.00 bits per heavy atom. The van der Waals surface area contributed by atoms with Gasteiger partial charge < -0.3 is 5.11 Å². The van der Waals surface area contributed by atoms with E-state index in [4.69, 9.17) is 11.6 Å². The van der Waals surface area contributed by atoms with Crippen molar-refractivity contribution in [1.82, 2.24) is 0 Å². The van der Waals surface area contributed by atoms with Crippen LogP contribution in [0.5, 0.6) is 5.75 Å². The molecule has 10 heavy (non-hydrogen) atoms. The summed E-state index contributed by atoms with van der Waals surface area (Å²) in [6.45, 7) is 3.66. The minimum absolute atomic E-state index is 0.0272. The molecule has 0 radical (unpaired) electrons. The molecule has 1 rings (SSSR count). The summed E-state index contributed by atoms with van der Waals surface area (Å²) in [7, 11) is 0. The zero-order chi connectivity index (χ0) is 7.72. The molecule has 0 atom stereocenters. The molecule has 1 nitrogen and oxygen atoms in total. The van der Waals surface area contributed by atoms with Crippen LogP contribution in [0.1, 0.15) is 11.1 Å². The Morgan fingerprint density at radius 2 is 1.60 bits per heavy atom. The van der Waals surface area contributed by atoms with Gasteiger partial charge in [-0.3, -0.25) is 0 Å². The standard InChI is InChI=1S/C8H9ClO/c1-5-3-7(10)4-6(2)8(5)9/h3-4,10H,1-2H3/p-1. The lowest BCUT2D eigenvalue weighted by atomic mass is 10.1. The van der Waals surface area contributed by atoms with E-state index in [1.54, 1.807) is 0 Å². The van der Waals surface area contributed by atoms with E-state index >= 15 is 0 Å². The molecule has 0 fully saturated rings. The minimum atomic E-state index is 0.0272. The van der Waals surface area contributed by atoms with Crippen molar-refractivity contribution < 1.29 is 5.11 Å². The first kappa shape index (κ1) is 7.42. The lowest BCUT2D eigenvalue weighted by molar-refractivity contribution is -0.268. The van der Waals surface area contributed by atoms with Gasteiger partial charge in [0, 0.05) is 5.02 Å². The Balaban J connectivity index is 3.31. The van der Waals surface area contributed by atoms with Crippen molar-refractivity contribution in [2.45, 2.75) is 13.8 Å². The molecule has 0 spiro atoms. The van der Waals surface area contributed by atoms with Crippen LogP contribution in [0.2, 0.25) is 5.02 Å². The second-order valence-corrected chi connectivity index (χ2v) is 2.75. The van der Waals surface area contributed by atoms with Crippen LogP contribution in [0.15, 0.2) is 12.1 Å². The molecule has 0 aliphatic heterocycles. The molecular formula is C8H8ClO-. The van der Waals surface area contributed by atoms with E-state index in [2.05, 4.69) is 0 Å². The highest BCUT2D eigenvalue weighted by molar-refractivity contribution is 6.32. The van der Waals surface area contributed by atoms with E-state index in [1.165, 1.54) is 12.1 Å². The molecule has 0 saturated carbocycles. The van der Waals surface area contributed by atoms with Gasteiger partial charge in [0.25, 0.3) is 0 Å².